The predicted octanol–water partition coefficient (Wildman–Crippen LogP) is 3.33. The molecule has 0 amide bonds. The van der Waals surface area contributed by atoms with Crippen LogP contribution in [-0.4, -0.2) is 31.1 Å². The van der Waals surface area contributed by atoms with Crippen molar-refractivity contribution in [3.63, 3.8) is 0 Å². The third-order valence-corrected chi connectivity index (χ3v) is 4.99. The molecule has 4 heteroatoms. The minimum absolute atomic E-state index is 0.338. The highest BCUT2D eigenvalue weighted by molar-refractivity contribution is 9.10. The van der Waals surface area contributed by atoms with Crippen molar-refractivity contribution < 1.29 is 4.74 Å². The first kappa shape index (κ1) is 14.4. The molecule has 0 heterocycles. The van der Waals surface area contributed by atoms with Crippen LogP contribution in [0, 0.1) is 5.92 Å². The van der Waals surface area contributed by atoms with Crippen molar-refractivity contribution in [2.24, 2.45) is 11.7 Å². The van der Waals surface area contributed by atoms with E-state index in [-0.39, 0.29) is 0 Å². The zero-order valence-corrected chi connectivity index (χ0v) is 13.6. The van der Waals surface area contributed by atoms with Gasteiger partial charge in [-0.2, -0.15) is 0 Å². The quantitative estimate of drug-likeness (QED) is 0.828. The minimum Gasteiger partial charge on any atom is -0.496 e. The molecule has 2 N–H and O–H groups in total. The number of hydrogen-bond acceptors (Lipinski definition) is 3. The van der Waals surface area contributed by atoms with Gasteiger partial charge in [-0.3, -0.25) is 4.90 Å². The maximum Gasteiger partial charge on any atom is 0.133 e. The summed E-state index contributed by atoms with van der Waals surface area (Å²) in [4.78, 5) is 2.64. The summed E-state index contributed by atoms with van der Waals surface area (Å²) in [5.41, 5.74) is 7.40. The summed E-state index contributed by atoms with van der Waals surface area (Å²) in [6.07, 6.45) is 5.46. The molecule has 2 fully saturated rings. The van der Waals surface area contributed by atoms with Crippen LogP contribution in [0.1, 0.15) is 37.3 Å². The number of ether oxygens (including phenoxy) is 1. The second-order valence-corrected chi connectivity index (χ2v) is 6.87. The highest BCUT2D eigenvalue weighted by Gasteiger charge is 2.37. The van der Waals surface area contributed by atoms with Crippen molar-refractivity contribution in [1.82, 2.24) is 4.90 Å². The van der Waals surface area contributed by atoms with E-state index >= 15 is 0 Å². The average Bonchev–Trinajstić information content (AvgIpc) is 3.32. The molecule has 0 bridgehead atoms. The van der Waals surface area contributed by atoms with E-state index in [1.807, 2.05) is 6.07 Å². The lowest BCUT2D eigenvalue weighted by atomic mass is 10.0. The van der Waals surface area contributed by atoms with Crippen LogP contribution in [0.15, 0.2) is 22.7 Å². The van der Waals surface area contributed by atoms with Crippen LogP contribution < -0.4 is 10.5 Å². The van der Waals surface area contributed by atoms with Gasteiger partial charge in [-0.05, 0) is 65.2 Å². The van der Waals surface area contributed by atoms with Crippen LogP contribution >= 0.6 is 15.9 Å². The Morgan fingerprint density at radius 3 is 2.60 bits per heavy atom. The van der Waals surface area contributed by atoms with Crippen molar-refractivity contribution in [3.8, 4) is 5.75 Å². The van der Waals surface area contributed by atoms with Crippen molar-refractivity contribution in [3.05, 3.63) is 28.2 Å². The molecular weight excluding hydrogens is 316 g/mol. The molecule has 2 aliphatic carbocycles. The second kappa shape index (κ2) is 6.04. The zero-order chi connectivity index (χ0) is 14.1. The van der Waals surface area contributed by atoms with Gasteiger partial charge in [0.1, 0.15) is 5.75 Å². The topological polar surface area (TPSA) is 38.5 Å². The summed E-state index contributed by atoms with van der Waals surface area (Å²) in [6.45, 7) is 1.90. The standard InChI is InChI=1S/C16H23BrN2O/c1-20-16-7-4-12(8-14(16)17)15(9-18)19(13-5-6-13)10-11-2-3-11/h4,7-8,11,13,15H,2-3,5-6,9-10,18H2,1H3. The molecule has 20 heavy (non-hydrogen) atoms. The van der Waals surface area contributed by atoms with E-state index in [4.69, 9.17) is 10.5 Å². The Labute approximate surface area is 129 Å². The van der Waals surface area contributed by atoms with E-state index < -0.39 is 0 Å². The van der Waals surface area contributed by atoms with Gasteiger partial charge in [0.15, 0.2) is 0 Å². The van der Waals surface area contributed by atoms with Crippen molar-refractivity contribution in [2.75, 3.05) is 20.2 Å². The number of methoxy groups -OCH3 is 1. The van der Waals surface area contributed by atoms with Gasteiger partial charge < -0.3 is 10.5 Å². The highest BCUT2D eigenvalue weighted by Crippen LogP contribution is 2.40. The first-order valence-corrected chi connectivity index (χ1v) is 8.31. The maximum atomic E-state index is 6.10. The third-order valence-electron chi connectivity index (χ3n) is 4.37. The van der Waals surface area contributed by atoms with Gasteiger partial charge in [-0.25, -0.2) is 0 Å². The molecule has 110 valence electrons. The number of hydrogen-bond donors (Lipinski definition) is 1. The molecule has 0 saturated heterocycles. The normalized spacial score (nSPS) is 20.2. The van der Waals surface area contributed by atoms with Gasteiger partial charge in [-0.1, -0.05) is 6.07 Å². The summed E-state index contributed by atoms with van der Waals surface area (Å²) in [5, 5.41) is 0. The number of nitrogens with two attached hydrogens (primary N) is 1. The van der Waals surface area contributed by atoms with Gasteiger partial charge >= 0.3 is 0 Å². The van der Waals surface area contributed by atoms with E-state index in [0.29, 0.717) is 12.6 Å². The largest absolute Gasteiger partial charge is 0.496 e. The van der Waals surface area contributed by atoms with Gasteiger partial charge in [0.05, 0.1) is 11.6 Å². The van der Waals surface area contributed by atoms with E-state index in [1.165, 1.54) is 37.8 Å². The monoisotopic (exact) mass is 338 g/mol. The summed E-state index contributed by atoms with van der Waals surface area (Å²) < 4.78 is 6.33. The summed E-state index contributed by atoms with van der Waals surface area (Å²) in [7, 11) is 1.70. The van der Waals surface area contributed by atoms with Crippen molar-refractivity contribution in [2.45, 2.75) is 37.8 Å². The molecule has 0 aliphatic heterocycles. The Morgan fingerprint density at radius 1 is 1.35 bits per heavy atom. The molecule has 1 unspecified atom stereocenters. The molecule has 0 aromatic heterocycles. The molecule has 1 atom stereocenters. The lowest BCUT2D eigenvalue weighted by Crippen LogP contribution is -2.37. The lowest BCUT2D eigenvalue weighted by molar-refractivity contribution is 0.182. The summed E-state index contributed by atoms with van der Waals surface area (Å²) in [5.74, 6) is 1.79. The average molecular weight is 339 g/mol. The Kier molecular flexibility index (Phi) is 4.34. The summed E-state index contributed by atoms with van der Waals surface area (Å²) >= 11 is 3.59. The predicted molar refractivity (Wildman–Crippen MR) is 84.9 cm³/mol. The van der Waals surface area contributed by atoms with Gasteiger partial charge in [0.25, 0.3) is 0 Å². The number of halogens is 1. The van der Waals surface area contributed by atoms with Crippen LogP contribution in [0.4, 0.5) is 0 Å². The molecule has 1 aromatic rings. The van der Waals surface area contributed by atoms with Crippen LogP contribution in [0.2, 0.25) is 0 Å². The molecule has 2 saturated carbocycles. The van der Waals surface area contributed by atoms with Crippen LogP contribution in [0.25, 0.3) is 0 Å². The smallest absolute Gasteiger partial charge is 0.133 e. The van der Waals surface area contributed by atoms with Crippen molar-refractivity contribution >= 4 is 15.9 Å². The fourth-order valence-corrected chi connectivity index (χ4v) is 3.45. The van der Waals surface area contributed by atoms with E-state index in [2.05, 4.69) is 33.0 Å². The SMILES string of the molecule is COc1ccc(C(CN)N(CC2CC2)C2CC2)cc1Br. The molecule has 3 nitrogen and oxygen atoms in total. The number of nitrogens with zero attached hydrogens (tertiary/aromatic N) is 1. The Morgan fingerprint density at radius 2 is 2.10 bits per heavy atom. The first-order chi connectivity index (χ1) is 9.72. The zero-order valence-electron chi connectivity index (χ0n) is 12.0. The van der Waals surface area contributed by atoms with Gasteiger partial charge in [0, 0.05) is 25.2 Å². The molecule has 0 radical (unpaired) electrons. The molecule has 1 aromatic carbocycles. The van der Waals surface area contributed by atoms with E-state index in [9.17, 15) is 0 Å². The molecule has 0 spiro atoms. The molecular formula is C16H23BrN2O. The van der Waals surface area contributed by atoms with Crippen LogP contribution in [-0.2, 0) is 0 Å². The fourth-order valence-electron chi connectivity index (χ4n) is 2.89. The van der Waals surface area contributed by atoms with Gasteiger partial charge in [0.2, 0.25) is 0 Å². The molecule has 3 rings (SSSR count). The van der Waals surface area contributed by atoms with E-state index in [0.717, 1.165) is 22.2 Å². The van der Waals surface area contributed by atoms with Crippen molar-refractivity contribution in [1.29, 1.82) is 0 Å². The Bertz CT molecular complexity index is 472. The minimum atomic E-state index is 0.338. The fraction of sp³-hybridized carbons (Fsp3) is 0.625. The summed E-state index contributed by atoms with van der Waals surface area (Å²) in [6, 6.07) is 7.45. The first-order valence-electron chi connectivity index (χ1n) is 7.52. The Balaban J connectivity index is 1.81. The van der Waals surface area contributed by atoms with Gasteiger partial charge in [-0.15, -0.1) is 0 Å². The Hall–Kier alpha value is -0.580. The number of rotatable bonds is 7. The molecule has 2 aliphatic rings. The third kappa shape index (κ3) is 3.18. The number of benzene rings is 1. The van der Waals surface area contributed by atoms with Crippen LogP contribution in [0.3, 0.4) is 0 Å². The highest BCUT2D eigenvalue weighted by atomic mass is 79.9. The van der Waals surface area contributed by atoms with Crippen LogP contribution in [0.5, 0.6) is 5.75 Å². The maximum absolute atomic E-state index is 6.10. The second-order valence-electron chi connectivity index (χ2n) is 6.02. The van der Waals surface area contributed by atoms with E-state index in [1.54, 1.807) is 7.11 Å². The lowest BCUT2D eigenvalue weighted by Gasteiger charge is -2.31.